The Kier molecular flexibility index (Phi) is 5.72. The fourth-order valence-electron chi connectivity index (χ4n) is 3.37. The number of nitrogens with one attached hydrogen (secondary N) is 1. The number of rotatable bonds is 7. The minimum atomic E-state index is 0.328. The Labute approximate surface area is 143 Å². The molecule has 24 heavy (non-hydrogen) atoms. The first-order valence-electron chi connectivity index (χ1n) is 8.67. The van der Waals surface area contributed by atoms with Crippen molar-refractivity contribution in [1.82, 2.24) is 30.4 Å². The minimum Gasteiger partial charge on any atom is -0.317 e. The predicted octanol–water partition coefficient (Wildman–Crippen LogP) is 2.21. The van der Waals surface area contributed by atoms with Crippen LogP contribution in [0.5, 0.6) is 0 Å². The minimum absolute atomic E-state index is 0.328. The zero-order chi connectivity index (χ0) is 16.8. The lowest BCUT2D eigenvalue weighted by molar-refractivity contribution is 0.177. The molecule has 1 aliphatic heterocycles. The van der Waals surface area contributed by atoms with E-state index in [0.717, 1.165) is 37.8 Å². The van der Waals surface area contributed by atoms with Gasteiger partial charge in [0.25, 0.3) is 0 Å². The van der Waals surface area contributed by atoms with E-state index in [4.69, 9.17) is 0 Å². The van der Waals surface area contributed by atoms with Crippen molar-refractivity contribution >= 4 is 0 Å². The third-order valence-electron chi connectivity index (χ3n) is 4.83. The molecule has 1 saturated heterocycles. The van der Waals surface area contributed by atoms with Crippen molar-refractivity contribution in [3.63, 3.8) is 0 Å². The summed E-state index contributed by atoms with van der Waals surface area (Å²) in [4.78, 5) is 2.52. The molecule has 1 aromatic carbocycles. The van der Waals surface area contributed by atoms with Gasteiger partial charge in [0.1, 0.15) is 6.33 Å². The third-order valence-corrected chi connectivity index (χ3v) is 4.83. The van der Waals surface area contributed by atoms with Crippen LogP contribution in [0.2, 0.25) is 0 Å². The smallest absolute Gasteiger partial charge is 0.143 e. The number of hydrogen-bond acceptors (Lipinski definition) is 5. The van der Waals surface area contributed by atoms with Crippen molar-refractivity contribution in [2.75, 3.05) is 26.2 Å². The molecule has 1 aromatic heterocycles. The van der Waals surface area contributed by atoms with Crippen molar-refractivity contribution in [3.8, 4) is 5.69 Å². The first-order valence-corrected chi connectivity index (χ1v) is 8.67. The Morgan fingerprint density at radius 3 is 2.96 bits per heavy atom. The van der Waals surface area contributed by atoms with Crippen molar-refractivity contribution in [3.05, 3.63) is 48.8 Å². The highest BCUT2D eigenvalue weighted by Gasteiger charge is 2.21. The van der Waals surface area contributed by atoms with E-state index in [-0.39, 0.29) is 0 Å². The normalized spacial score (nSPS) is 17.1. The highest BCUT2D eigenvalue weighted by Crippen LogP contribution is 2.25. The molecule has 1 atom stereocenters. The van der Waals surface area contributed by atoms with Crippen molar-refractivity contribution in [2.45, 2.75) is 25.8 Å². The van der Waals surface area contributed by atoms with Crippen molar-refractivity contribution < 1.29 is 0 Å². The van der Waals surface area contributed by atoms with Gasteiger partial charge in [0, 0.05) is 19.1 Å². The molecule has 0 spiro atoms. The molecular weight excluding hydrogens is 300 g/mol. The molecule has 0 bridgehead atoms. The van der Waals surface area contributed by atoms with Gasteiger partial charge in [0.15, 0.2) is 0 Å². The predicted molar refractivity (Wildman–Crippen MR) is 94.9 cm³/mol. The highest BCUT2D eigenvalue weighted by molar-refractivity contribution is 5.35. The summed E-state index contributed by atoms with van der Waals surface area (Å²) >= 11 is 0. The molecule has 128 valence electrons. The van der Waals surface area contributed by atoms with Crippen LogP contribution in [0.4, 0.5) is 0 Å². The first-order chi connectivity index (χ1) is 11.8. The Hall–Kier alpha value is -2.05. The zero-order valence-corrected chi connectivity index (χ0v) is 14.3. The van der Waals surface area contributed by atoms with Gasteiger partial charge in [-0.2, -0.15) is 0 Å². The summed E-state index contributed by atoms with van der Waals surface area (Å²) in [5, 5.41) is 14.9. The molecule has 0 amide bonds. The number of hydrogen-bond donors (Lipinski definition) is 1. The molecule has 1 unspecified atom stereocenters. The summed E-state index contributed by atoms with van der Waals surface area (Å²) in [6.07, 6.45) is 6.14. The lowest BCUT2D eigenvalue weighted by atomic mass is 9.96. The van der Waals surface area contributed by atoms with Gasteiger partial charge in [-0.3, -0.25) is 4.90 Å². The summed E-state index contributed by atoms with van der Waals surface area (Å²) < 4.78 is 1.70. The molecule has 2 aromatic rings. The Morgan fingerprint density at radius 2 is 2.25 bits per heavy atom. The van der Waals surface area contributed by atoms with Gasteiger partial charge in [-0.15, -0.1) is 11.7 Å². The molecule has 1 aliphatic rings. The van der Waals surface area contributed by atoms with Gasteiger partial charge in [0.05, 0.1) is 5.69 Å². The summed E-state index contributed by atoms with van der Waals surface area (Å²) in [6.45, 7) is 10.5. The molecule has 0 radical (unpaired) electrons. The van der Waals surface area contributed by atoms with Gasteiger partial charge < -0.3 is 5.32 Å². The van der Waals surface area contributed by atoms with Crippen LogP contribution in [0.15, 0.2) is 43.2 Å². The van der Waals surface area contributed by atoms with Crippen LogP contribution >= 0.6 is 0 Å². The zero-order valence-electron chi connectivity index (χ0n) is 14.3. The van der Waals surface area contributed by atoms with Gasteiger partial charge in [0.2, 0.25) is 0 Å². The second-order valence-corrected chi connectivity index (χ2v) is 6.46. The molecule has 3 rings (SSSR count). The van der Waals surface area contributed by atoms with E-state index < -0.39 is 0 Å². The first kappa shape index (κ1) is 16.8. The van der Waals surface area contributed by atoms with E-state index in [1.807, 2.05) is 12.1 Å². The molecule has 1 N–H and O–H groups in total. The van der Waals surface area contributed by atoms with Crippen LogP contribution in [0, 0.1) is 5.92 Å². The number of tetrazole rings is 1. The summed E-state index contributed by atoms with van der Waals surface area (Å²) in [5.41, 5.74) is 2.27. The summed E-state index contributed by atoms with van der Waals surface area (Å²) in [6, 6.07) is 8.77. The van der Waals surface area contributed by atoms with E-state index in [1.165, 1.54) is 18.4 Å². The fraction of sp³-hybridized carbons (Fsp3) is 0.500. The molecule has 0 aliphatic carbocycles. The largest absolute Gasteiger partial charge is 0.317 e. The van der Waals surface area contributed by atoms with Gasteiger partial charge in [-0.05, 0) is 66.9 Å². The molecule has 2 heterocycles. The van der Waals surface area contributed by atoms with E-state index in [1.54, 1.807) is 11.0 Å². The number of nitrogens with zero attached hydrogens (tertiary/aromatic N) is 5. The van der Waals surface area contributed by atoms with Crippen LogP contribution in [0.25, 0.3) is 5.69 Å². The summed E-state index contributed by atoms with van der Waals surface area (Å²) in [5.74, 6) is 0.761. The molecule has 6 heteroatoms. The topological polar surface area (TPSA) is 58.9 Å². The second kappa shape index (κ2) is 8.17. The van der Waals surface area contributed by atoms with E-state index in [9.17, 15) is 0 Å². The van der Waals surface area contributed by atoms with Crippen molar-refractivity contribution in [1.29, 1.82) is 0 Å². The van der Waals surface area contributed by atoms with Gasteiger partial charge in [-0.25, -0.2) is 4.68 Å². The Balaban J connectivity index is 1.75. The fourth-order valence-corrected chi connectivity index (χ4v) is 3.37. The maximum Gasteiger partial charge on any atom is 0.143 e. The quantitative estimate of drug-likeness (QED) is 0.791. The molecule has 6 nitrogen and oxygen atoms in total. The van der Waals surface area contributed by atoms with E-state index in [0.29, 0.717) is 6.04 Å². The second-order valence-electron chi connectivity index (χ2n) is 6.46. The van der Waals surface area contributed by atoms with E-state index in [2.05, 4.69) is 57.4 Å². The molecular formula is C18H26N6. The lowest BCUT2D eigenvalue weighted by Gasteiger charge is -2.33. The van der Waals surface area contributed by atoms with Gasteiger partial charge >= 0.3 is 0 Å². The van der Waals surface area contributed by atoms with Crippen LogP contribution in [0.3, 0.4) is 0 Å². The van der Waals surface area contributed by atoms with E-state index >= 15 is 0 Å². The Bertz CT molecular complexity index is 633. The molecule has 0 saturated carbocycles. The highest BCUT2D eigenvalue weighted by atomic mass is 15.5. The van der Waals surface area contributed by atoms with Gasteiger partial charge in [-0.1, -0.05) is 18.2 Å². The lowest BCUT2D eigenvalue weighted by Crippen LogP contribution is -2.37. The monoisotopic (exact) mass is 326 g/mol. The van der Waals surface area contributed by atoms with Crippen molar-refractivity contribution in [2.24, 2.45) is 5.92 Å². The maximum atomic E-state index is 3.98. The SMILES string of the molecule is C=CCN(CC1CCNCC1)C(C)c1cccc(-n2cnnn2)c1. The maximum absolute atomic E-state index is 3.98. The average Bonchev–Trinajstić information content (AvgIpc) is 3.16. The van der Waals surface area contributed by atoms with Crippen LogP contribution in [0.1, 0.15) is 31.4 Å². The van der Waals surface area contributed by atoms with Crippen LogP contribution < -0.4 is 5.32 Å². The number of aromatic nitrogens is 4. The number of piperidine rings is 1. The van der Waals surface area contributed by atoms with Crippen LogP contribution in [-0.2, 0) is 0 Å². The third kappa shape index (κ3) is 4.07. The average molecular weight is 326 g/mol. The molecule has 1 fully saturated rings. The summed E-state index contributed by atoms with van der Waals surface area (Å²) in [7, 11) is 0. The van der Waals surface area contributed by atoms with Crippen LogP contribution in [-0.4, -0.2) is 51.3 Å². The standard InChI is InChI=1S/C18H26N6/c1-3-11-23(13-16-7-9-19-10-8-16)15(2)17-5-4-6-18(12-17)24-14-20-21-22-24/h3-6,12,14-16,19H,1,7-11,13H2,2H3. The number of benzene rings is 1. The Morgan fingerprint density at radius 1 is 1.42 bits per heavy atom.